The number of nitrogens with zero attached hydrogens (tertiary/aromatic N) is 2. The van der Waals surface area contributed by atoms with E-state index >= 15 is 0 Å². The zero-order valence-electron chi connectivity index (χ0n) is 14.0. The van der Waals surface area contributed by atoms with Crippen molar-refractivity contribution in [1.82, 2.24) is 5.16 Å². The van der Waals surface area contributed by atoms with Crippen molar-refractivity contribution in [2.24, 2.45) is 10.2 Å². The predicted molar refractivity (Wildman–Crippen MR) is 83.6 cm³/mol. The number of aromatic nitrogens is 1. The topological polar surface area (TPSA) is 105 Å². The largest absolute Gasteiger partial charge is 0.384 e. The Morgan fingerprint density at radius 3 is 2.00 bits per heavy atom. The Morgan fingerprint density at radius 2 is 1.43 bits per heavy atom. The van der Waals surface area contributed by atoms with Gasteiger partial charge in [0.05, 0.1) is 5.69 Å². The maximum Gasteiger partial charge on any atom is 0.384 e. The first-order valence-electron chi connectivity index (χ1n) is 7.17. The van der Waals surface area contributed by atoms with Crippen LogP contribution in [0, 0.1) is 0 Å². The van der Waals surface area contributed by atoms with E-state index in [2.05, 4.69) is 15.4 Å². The Labute approximate surface area is 133 Å². The molecule has 1 N–H and O–H groups in total. The van der Waals surface area contributed by atoms with Crippen LogP contribution in [0.1, 0.15) is 47.2 Å². The summed E-state index contributed by atoms with van der Waals surface area (Å²) in [5.41, 5.74) is 0.315. The maximum absolute atomic E-state index is 12.3. The molecule has 0 radical (unpaired) electrons. The van der Waals surface area contributed by atoms with E-state index < -0.39 is 11.0 Å². The third-order valence-corrected chi connectivity index (χ3v) is 3.83. The maximum atomic E-state index is 12.3. The van der Waals surface area contributed by atoms with Crippen LogP contribution in [0.25, 0.3) is 0 Å². The Bertz CT molecular complexity index is 841. The van der Waals surface area contributed by atoms with Crippen molar-refractivity contribution in [3.63, 3.8) is 0 Å². The van der Waals surface area contributed by atoms with Crippen LogP contribution in [0.3, 0.4) is 0 Å². The molecule has 1 aromatic rings. The summed E-state index contributed by atoms with van der Waals surface area (Å²) in [6.45, 7) is 10.3. The summed E-state index contributed by atoms with van der Waals surface area (Å²) in [5.74, 6) is -0.603. The normalized spacial score (nSPS) is 17.0. The average molecular weight is 317 g/mol. The van der Waals surface area contributed by atoms with Crippen LogP contribution in [0.5, 0.6) is 0 Å². The molecule has 1 aromatic heterocycles. The molecule has 0 aromatic carbocycles. The molecule has 0 saturated heterocycles. The summed E-state index contributed by atoms with van der Waals surface area (Å²) >= 11 is 0. The molecule has 7 heteroatoms. The molecule has 0 aliphatic heterocycles. The van der Waals surface area contributed by atoms with Gasteiger partial charge in [-0.3, -0.25) is 9.59 Å². The monoisotopic (exact) mass is 317 g/mol. The van der Waals surface area contributed by atoms with Gasteiger partial charge in [0.2, 0.25) is 5.78 Å². The van der Waals surface area contributed by atoms with E-state index in [0.29, 0.717) is 16.8 Å². The number of azo groups is 1. The molecule has 23 heavy (non-hydrogen) atoms. The summed E-state index contributed by atoms with van der Waals surface area (Å²) < 4.78 is 4.76. The summed E-state index contributed by atoms with van der Waals surface area (Å²) in [5, 5.41) is 10.3. The van der Waals surface area contributed by atoms with E-state index in [-0.39, 0.29) is 28.5 Å². The first-order valence-corrected chi connectivity index (χ1v) is 7.17. The van der Waals surface area contributed by atoms with Crippen molar-refractivity contribution >= 4 is 17.3 Å². The number of ketones is 2. The molecule has 1 aliphatic carbocycles. The number of Topliss-reactive ketones (excluding diaryl/α,β-unsaturated/α-hetero) is 2. The second kappa shape index (κ2) is 5.57. The second-order valence-electron chi connectivity index (χ2n) is 6.55. The molecule has 0 amide bonds. The van der Waals surface area contributed by atoms with E-state index in [0.717, 1.165) is 0 Å². The van der Waals surface area contributed by atoms with E-state index in [1.807, 2.05) is 20.8 Å². The highest BCUT2D eigenvalue weighted by Gasteiger charge is 2.29. The van der Waals surface area contributed by atoms with Gasteiger partial charge in [-0.15, -0.1) is 10.2 Å². The average Bonchev–Trinajstić information content (AvgIpc) is 2.84. The smallest absolute Gasteiger partial charge is 0.336 e. The van der Waals surface area contributed by atoms with Crippen molar-refractivity contribution in [2.45, 2.75) is 47.0 Å². The number of H-pyrrole nitrogens is 1. The van der Waals surface area contributed by atoms with Crippen molar-refractivity contribution < 1.29 is 14.1 Å². The van der Waals surface area contributed by atoms with Gasteiger partial charge < -0.3 is 4.52 Å². The zero-order valence-corrected chi connectivity index (χ0v) is 14.0. The van der Waals surface area contributed by atoms with Crippen molar-refractivity contribution in [3.8, 4) is 0 Å². The summed E-state index contributed by atoms with van der Waals surface area (Å²) in [6.07, 6.45) is 0. The fourth-order valence-corrected chi connectivity index (χ4v) is 2.19. The lowest BCUT2D eigenvalue weighted by molar-refractivity contribution is -0.116. The molecule has 0 fully saturated rings. The Morgan fingerprint density at radius 1 is 0.870 bits per heavy atom. The fourth-order valence-electron chi connectivity index (χ4n) is 2.19. The van der Waals surface area contributed by atoms with Gasteiger partial charge in [0.1, 0.15) is 5.70 Å². The van der Waals surface area contributed by atoms with E-state index in [4.69, 9.17) is 4.52 Å². The van der Waals surface area contributed by atoms with Crippen molar-refractivity contribution in [1.29, 1.82) is 0 Å². The molecule has 1 aliphatic rings. The zero-order chi connectivity index (χ0) is 17.5. The van der Waals surface area contributed by atoms with Crippen LogP contribution in [-0.4, -0.2) is 16.7 Å². The van der Waals surface area contributed by atoms with Gasteiger partial charge >= 0.3 is 5.63 Å². The Hall–Kier alpha value is -2.57. The molecule has 0 spiro atoms. The first kappa shape index (κ1) is 16.8. The molecule has 0 bridgehead atoms. The molecular formula is C16H19N3O4. The van der Waals surface area contributed by atoms with Crippen LogP contribution in [0.2, 0.25) is 0 Å². The van der Waals surface area contributed by atoms with Crippen LogP contribution in [0.15, 0.2) is 42.0 Å². The van der Waals surface area contributed by atoms with Gasteiger partial charge in [-0.1, -0.05) is 20.8 Å². The molecule has 2 rings (SSSR count). The van der Waals surface area contributed by atoms with Crippen molar-refractivity contribution in [2.75, 3.05) is 0 Å². The SMILES string of the molecule is CC1=C(C)C(=O)C(N=Nc2c(C(C)(C)C)[nH]oc2=O)=C(C)C1=O. The highest BCUT2D eigenvalue weighted by atomic mass is 16.5. The van der Waals surface area contributed by atoms with Crippen LogP contribution in [0.4, 0.5) is 5.69 Å². The lowest BCUT2D eigenvalue weighted by Crippen LogP contribution is -2.19. The Balaban J connectivity index is 2.50. The predicted octanol–water partition coefficient (Wildman–Crippen LogP) is 3.11. The van der Waals surface area contributed by atoms with Crippen LogP contribution in [-0.2, 0) is 15.0 Å². The number of hydrogen-bond donors (Lipinski definition) is 1. The number of hydrogen-bond acceptors (Lipinski definition) is 6. The van der Waals surface area contributed by atoms with Gasteiger partial charge in [-0.05, 0) is 20.8 Å². The van der Waals surface area contributed by atoms with Gasteiger partial charge in [0, 0.05) is 22.1 Å². The van der Waals surface area contributed by atoms with E-state index in [1.54, 1.807) is 13.8 Å². The molecule has 0 unspecified atom stereocenters. The van der Waals surface area contributed by atoms with Crippen LogP contribution >= 0.6 is 0 Å². The minimum absolute atomic E-state index is 0.00183. The minimum atomic E-state index is -0.671. The number of aromatic amines is 1. The van der Waals surface area contributed by atoms with Gasteiger partial charge in [0.15, 0.2) is 11.5 Å². The minimum Gasteiger partial charge on any atom is -0.336 e. The quantitative estimate of drug-likeness (QED) is 0.668. The second-order valence-corrected chi connectivity index (χ2v) is 6.55. The van der Waals surface area contributed by atoms with Gasteiger partial charge in [-0.2, -0.15) is 0 Å². The molecule has 0 atom stereocenters. The highest BCUT2D eigenvalue weighted by Crippen LogP contribution is 2.30. The standard InChI is InChI=1S/C16H19N3O4/c1-7-8(2)13(21)10(9(3)12(7)20)17-18-11-14(16(4,5)6)19-23-15(11)22/h19H,1-6H3. The first-order chi connectivity index (χ1) is 10.6. The summed E-state index contributed by atoms with van der Waals surface area (Å²) in [4.78, 5) is 36.2. The summed E-state index contributed by atoms with van der Waals surface area (Å²) in [6, 6.07) is 0. The summed E-state index contributed by atoms with van der Waals surface area (Å²) in [7, 11) is 0. The molecular weight excluding hydrogens is 298 g/mol. The fraction of sp³-hybridized carbons (Fsp3) is 0.438. The number of rotatable bonds is 2. The lowest BCUT2D eigenvalue weighted by Gasteiger charge is -2.16. The lowest BCUT2D eigenvalue weighted by atomic mass is 9.90. The number of nitrogens with one attached hydrogen (secondary N) is 1. The number of allylic oxidation sites excluding steroid dienone is 3. The van der Waals surface area contributed by atoms with Gasteiger partial charge in [-0.25, -0.2) is 9.95 Å². The number of carbonyl (C=O) groups is 2. The molecule has 7 nitrogen and oxygen atoms in total. The van der Waals surface area contributed by atoms with E-state index in [9.17, 15) is 14.4 Å². The van der Waals surface area contributed by atoms with Gasteiger partial charge in [0.25, 0.3) is 0 Å². The molecule has 122 valence electrons. The third kappa shape index (κ3) is 2.86. The third-order valence-electron chi connectivity index (χ3n) is 3.83. The van der Waals surface area contributed by atoms with E-state index in [1.165, 1.54) is 6.92 Å². The Kier molecular flexibility index (Phi) is 4.07. The molecule has 1 heterocycles. The van der Waals surface area contributed by atoms with Crippen LogP contribution < -0.4 is 5.63 Å². The number of carbonyl (C=O) groups excluding carboxylic acids is 2. The highest BCUT2D eigenvalue weighted by molar-refractivity contribution is 6.24. The molecule has 0 saturated carbocycles. The van der Waals surface area contributed by atoms with Crippen molar-refractivity contribution in [3.05, 3.63) is 38.5 Å².